The highest BCUT2D eigenvalue weighted by atomic mass is 16.6. The molecule has 5 rings (SSSR count). The number of hydrogen-bond donors (Lipinski definition) is 1. The van der Waals surface area contributed by atoms with E-state index < -0.39 is 11.6 Å². The Balaban J connectivity index is 1.21. The third-order valence-corrected chi connectivity index (χ3v) is 6.64. The maximum Gasteiger partial charge on any atom is 0.335 e. The van der Waals surface area contributed by atoms with E-state index in [1.807, 2.05) is 72.8 Å². The number of carboxylic acid groups (broad SMARTS) is 1. The average molecular weight is 519 g/mol. The molecular formula is C34H30O5. The summed E-state index contributed by atoms with van der Waals surface area (Å²) in [6, 6.07) is 41.5. The molecule has 0 aliphatic heterocycles. The minimum absolute atomic E-state index is 0.266. The first-order valence-electron chi connectivity index (χ1n) is 12.9. The Bertz CT molecular complexity index is 1400. The number of carbonyl (C=O) groups is 1. The fourth-order valence-electron chi connectivity index (χ4n) is 4.79. The Morgan fingerprint density at radius 2 is 1.10 bits per heavy atom. The Hall–Kier alpha value is -4.45. The van der Waals surface area contributed by atoms with Crippen LogP contribution in [-0.4, -0.2) is 37.5 Å². The van der Waals surface area contributed by atoms with Crippen LogP contribution in [0.1, 0.15) is 27.0 Å². The number of carboxylic acids is 1. The molecule has 5 nitrogen and oxygen atoms in total. The molecule has 0 saturated carbocycles. The van der Waals surface area contributed by atoms with Crippen LogP contribution >= 0.6 is 0 Å². The lowest BCUT2D eigenvalue weighted by atomic mass is 9.80. The summed E-state index contributed by atoms with van der Waals surface area (Å²) in [4.78, 5) is 11.2. The van der Waals surface area contributed by atoms with Crippen LogP contribution in [0.5, 0.6) is 5.75 Å². The first-order chi connectivity index (χ1) is 19.2. The van der Waals surface area contributed by atoms with Gasteiger partial charge in [0.15, 0.2) is 0 Å². The van der Waals surface area contributed by atoms with Crippen LogP contribution in [0.4, 0.5) is 0 Å². The maximum atomic E-state index is 11.2. The molecule has 196 valence electrons. The van der Waals surface area contributed by atoms with Crippen LogP contribution in [0, 0.1) is 0 Å². The first kappa shape index (κ1) is 26.2. The molecule has 0 amide bonds. The van der Waals surface area contributed by atoms with Gasteiger partial charge in [0, 0.05) is 0 Å². The molecule has 5 aromatic carbocycles. The van der Waals surface area contributed by atoms with Crippen LogP contribution in [-0.2, 0) is 15.1 Å². The summed E-state index contributed by atoms with van der Waals surface area (Å²) < 4.78 is 18.5. The van der Waals surface area contributed by atoms with E-state index in [1.165, 1.54) is 0 Å². The van der Waals surface area contributed by atoms with Gasteiger partial charge in [-0.25, -0.2) is 4.79 Å². The van der Waals surface area contributed by atoms with Gasteiger partial charge in [-0.3, -0.25) is 0 Å². The van der Waals surface area contributed by atoms with E-state index in [2.05, 4.69) is 36.4 Å². The lowest BCUT2D eigenvalue weighted by Gasteiger charge is -2.36. The molecule has 0 saturated heterocycles. The topological polar surface area (TPSA) is 65.0 Å². The number of ether oxygens (including phenoxy) is 3. The summed E-state index contributed by atoms with van der Waals surface area (Å²) in [7, 11) is 0. The zero-order valence-electron chi connectivity index (χ0n) is 21.5. The minimum Gasteiger partial charge on any atom is -0.491 e. The maximum absolute atomic E-state index is 11.2. The standard InChI is InChI=1S/C34H30O5/c35-33(36)28-17-16-27-25-32(19-18-26(27)24-28)38-22-20-37-21-23-39-34(29-10-4-1-5-11-29,30-12-6-2-7-13-30)31-14-8-3-9-15-31/h1-19,24-25H,20-23H2,(H,35,36). The summed E-state index contributed by atoms with van der Waals surface area (Å²) >= 11 is 0. The van der Waals surface area contributed by atoms with Gasteiger partial charge in [0.2, 0.25) is 0 Å². The van der Waals surface area contributed by atoms with Gasteiger partial charge < -0.3 is 19.3 Å². The predicted molar refractivity (Wildman–Crippen MR) is 152 cm³/mol. The lowest BCUT2D eigenvalue weighted by molar-refractivity contribution is -0.0271. The highest BCUT2D eigenvalue weighted by Crippen LogP contribution is 2.40. The quantitative estimate of drug-likeness (QED) is 0.143. The van der Waals surface area contributed by atoms with Crippen molar-refractivity contribution in [2.24, 2.45) is 0 Å². The van der Waals surface area contributed by atoms with Gasteiger partial charge in [0.1, 0.15) is 18.0 Å². The zero-order chi connectivity index (χ0) is 26.9. The molecule has 39 heavy (non-hydrogen) atoms. The lowest BCUT2D eigenvalue weighted by Crippen LogP contribution is -2.34. The van der Waals surface area contributed by atoms with Crippen molar-refractivity contribution >= 4 is 16.7 Å². The van der Waals surface area contributed by atoms with Crippen LogP contribution < -0.4 is 4.74 Å². The Morgan fingerprint density at radius 1 is 0.590 bits per heavy atom. The largest absolute Gasteiger partial charge is 0.491 e. The number of aromatic carboxylic acids is 1. The second-order valence-corrected chi connectivity index (χ2v) is 9.12. The monoisotopic (exact) mass is 518 g/mol. The van der Waals surface area contributed by atoms with Crippen molar-refractivity contribution in [2.75, 3.05) is 26.4 Å². The molecule has 0 radical (unpaired) electrons. The van der Waals surface area contributed by atoms with E-state index in [9.17, 15) is 9.90 Å². The van der Waals surface area contributed by atoms with Gasteiger partial charge in [0.05, 0.1) is 25.4 Å². The Morgan fingerprint density at radius 3 is 1.67 bits per heavy atom. The van der Waals surface area contributed by atoms with Crippen LogP contribution in [0.2, 0.25) is 0 Å². The van der Waals surface area contributed by atoms with Gasteiger partial charge in [0.25, 0.3) is 0 Å². The van der Waals surface area contributed by atoms with E-state index in [-0.39, 0.29) is 5.56 Å². The summed E-state index contributed by atoms with van der Waals surface area (Å²) in [5.74, 6) is -0.228. The van der Waals surface area contributed by atoms with E-state index >= 15 is 0 Å². The van der Waals surface area contributed by atoms with Gasteiger partial charge in [-0.15, -0.1) is 0 Å². The van der Waals surface area contributed by atoms with E-state index in [0.29, 0.717) is 32.2 Å². The van der Waals surface area contributed by atoms with Crippen LogP contribution in [0.15, 0.2) is 127 Å². The molecule has 0 unspecified atom stereocenters. The number of benzene rings is 5. The highest BCUT2D eigenvalue weighted by molar-refractivity contribution is 5.94. The molecule has 0 aromatic heterocycles. The molecule has 0 atom stereocenters. The van der Waals surface area contributed by atoms with Crippen molar-refractivity contribution in [3.8, 4) is 5.75 Å². The third-order valence-electron chi connectivity index (χ3n) is 6.64. The summed E-state index contributed by atoms with van der Waals surface area (Å²) in [5.41, 5.74) is 2.66. The molecule has 0 spiro atoms. The molecule has 0 bridgehead atoms. The second-order valence-electron chi connectivity index (χ2n) is 9.12. The fraction of sp³-hybridized carbons (Fsp3) is 0.147. The van der Waals surface area contributed by atoms with Crippen molar-refractivity contribution in [1.82, 2.24) is 0 Å². The van der Waals surface area contributed by atoms with E-state index in [4.69, 9.17) is 14.2 Å². The third kappa shape index (κ3) is 6.01. The number of rotatable bonds is 12. The molecule has 5 aromatic rings. The molecular weight excluding hydrogens is 488 g/mol. The molecule has 5 heteroatoms. The predicted octanol–water partition coefficient (Wildman–Crippen LogP) is 6.94. The van der Waals surface area contributed by atoms with E-state index in [0.717, 1.165) is 27.5 Å². The highest BCUT2D eigenvalue weighted by Gasteiger charge is 2.37. The Labute approximate surface area is 228 Å². The van der Waals surface area contributed by atoms with E-state index in [1.54, 1.807) is 18.2 Å². The zero-order valence-corrected chi connectivity index (χ0v) is 21.5. The van der Waals surface area contributed by atoms with Crippen LogP contribution in [0.25, 0.3) is 10.8 Å². The Kier molecular flexibility index (Phi) is 8.32. The van der Waals surface area contributed by atoms with Crippen LogP contribution in [0.3, 0.4) is 0 Å². The summed E-state index contributed by atoms with van der Waals surface area (Å²) in [6.45, 7) is 1.60. The molecule has 0 aliphatic rings. The summed E-state index contributed by atoms with van der Waals surface area (Å²) in [5, 5.41) is 11.0. The van der Waals surface area contributed by atoms with Gasteiger partial charge in [-0.05, 0) is 51.7 Å². The molecule has 0 aliphatic carbocycles. The van der Waals surface area contributed by atoms with Gasteiger partial charge in [-0.1, -0.05) is 103 Å². The molecule has 0 fully saturated rings. The second kappa shape index (κ2) is 12.4. The van der Waals surface area contributed by atoms with Gasteiger partial charge >= 0.3 is 5.97 Å². The van der Waals surface area contributed by atoms with Crippen molar-refractivity contribution < 1.29 is 24.1 Å². The smallest absolute Gasteiger partial charge is 0.335 e. The van der Waals surface area contributed by atoms with Crippen molar-refractivity contribution in [3.63, 3.8) is 0 Å². The summed E-state index contributed by atoms with van der Waals surface area (Å²) in [6.07, 6.45) is 0. The fourth-order valence-corrected chi connectivity index (χ4v) is 4.79. The average Bonchev–Trinajstić information content (AvgIpc) is 2.99. The minimum atomic E-state index is -0.938. The normalized spacial score (nSPS) is 11.4. The molecule has 1 N–H and O–H groups in total. The van der Waals surface area contributed by atoms with Crippen molar-refractivity contribution in [3.05, 3.63) is 150 Å². The number of fused-ring (bicyclic) bond motifs is 1. The van der Waals surface area contributed by atoms with Crippen molar-refractivity contribution in [1.29, 1.82) is 0 Å². The number of hydrogen-bond acceptors (Lipinski definition) is 4. The first-order valence-corrected chi connectivity index (χ1v) is 12.9. The molecule has 0 heterocycles. The van der Waals surface area contributed by atoms with Gasteiger partial charge in [-0.2, -0.15) is 0 Å². The van der Waals surface area contributed by atoms with Crippen molar-refractivity contribution in [2.45, 2.75) is 5.60 Å². The SMILES string of the molecule is O=C(O)c1ccc2cc(OCCOCCOC(c3ccccc3)(c3ccccc3)c3ccccc3)ccc2c1.